The maximum atomic E-state index is 13.1. The molecular weight excluding hydrogens is 231 g/mol. The van der Waals surface area contributed by atoms with E-state index in [2.05, 4.69) is 10.6 Å². The molecule has 2 rings (SSSR count). The van der Waals surface area contributed by atoms with Gasteiger partial charge in [0.1, 0.15) is 5.82 Å². The van der Waals surface area contributed by atoms with Crippen LogP contribution in [0.15, 0.2) is 24.3 Å². The van der Waals surface area contributed by atoms with Crippen LogP contribution >= 0.6 is 0 Å². The number of carbonyl (C=O) groups is 1. The number of amides is 1. The van der Waals surface area contributed by atoms with Crippen LogP contribution in [0.5, 0.6) is 0 Å². The van der Waals surface area contributed by atoms with E-state index in [-0.39, 0.29) is 17.8 Å². The van der Waals surface area contributed by atoms with Crippen molar-refractivity contribution in [3.8, 4) is 0 Å². The molecule has 1 amide bonds. The van der Waals surface area contributed by atoms with Crippen molar-refractivity contribution in [2.75, 3.05) is 7.05 Å². The van der Waals surface area contributed by atoms with Gasteiger partial charge in [0.15, 0.2) is 0 Å². The number of hydrogen-bond donors (Lipinski definition) is 2. The number of halogens is 1. The highest BCUT2D eigenvalue weighted by Gasteiger charge is 2.32. The van der Waals surface area contributed by atoms with E-state index < -0.39 is 0 Å². The van der Waals surface area contributed by atoms with Crippen molar-refractivity contribution < 1.29 is 9.18 Å². The lowest BCUT2D eigenvalue weighted by Gasteiger charge is -2.37. The van der Waals surface area contributed by atoms with Crippen LogP contribution < -0.4 is 10.6 Å². The zero-order valence-electron chi connectivity index (χ0n) is 10.7. The van der Waals surface area contributed by atoms with Crippen molar-refractivity contribution in [1.29, 1.82) is 0 Å². The minimum atomic E-state index is -0.178. The average Bonchev–Trinajstić information content (AvgIpc) is 2.31. The zero-order valence-corrected chi connectivity index (χ0v) is 10.7. The Morgan fingerprint density at radius 3 is 2.78 bits per heavy atom. The number of likely N-dealkylation sites (N-methyl/N-ethyl adjacent to an activating group) is 1. The highest BCUT2D eigenvalue weighted by atomic mass is 19.1. The number of rotatable bonds is 4. The predicted octanol–water partition coefficient (Wildman–Crippen LogP) is 1.80. The van der Waals surface area contributed by atoms with Gasteiger partial charge in [0.2, 0.25) is 5.91 Å². The van der Waals surface area contributed by atoms with Crippen LogP contribution in [0.2, 0.25) is 0 Å². The topological polar surface area (TPSA) is 41.1 Å². The second-order valence-electron chi connectivity index (χ2n) is 4.92. The first kappa shape index (κ1) is 13.0. The third-order valence-corrected chi connectivity index (χ3v) is 3.58. The number of nitrogens with one attached hydrogen (secondary N) is 2. The fourth-order valence-electron chi connectivity index (χ4n) is 2.43. The first-order valence-electron chi connectivity index (χ1n) is 6.33. The summed E-state index contributed by atoms with van der Waals surface area (Å²) in [6.45, 7) is 1.86. The highest BCUT2D eigenvalue weighted by molar-refractivity contribution is 5.80. The van der Waals surface area contributed by atoms with E-state index in [1.54, 1.807) is 19.2 Å². The summed E-state index contributed by atoms with van der Waals surface area (Å²) in [5, 5.41) is 5.89. The summed E-state index contributed by atoms with van der Waals surface area (Å²) >= 11 is 0. The van der Waals surface area contributed by atoms with Crippen LogP contribution in [0.3, 0.4) is 0 Å². The molecule has 2 N–H and O–H groups in total. The van der Waals surface area contributed by atoms with Gasteiger partial charge in [-0.05, 0) is 43.4 Å². The van der Waals surface area contributed by atoms with Gasteiger partial charge in [0.25, 0.3) is 0 Å². The summed E-state index contributed by atoms with van der Waals surface area (Å²) in [4.78, 5) is 11.4. The normalized spacial score (nSPS) is 24.2. The number of benzene rings is 1. The SMILES string of the molecule is CNC(=O)C(C)NC1CC(c2cccc(F)c2)C1. The molecule has 1 aliphatic rings. The smallest absolute Gasteiger partial charge is 0.236 e. The Hall–Kier alpha value is -1.42. The van der Waals surface area contributed by atoms with Gasteiger partial charge in [-0.3, -0.25) is 4.79 Å². The molecule has 1 fully saturated rings. The first-order chi connectivity index (χ1) is 8.60. The second kappa shape index (κ2) is 5.48. The molecule has 1 aliphatic carbocycles. The van der Waals surface area contributed by atoms with Crippen molar-refractivity contribution in [3.05, 3.63) is 35.6 Å². The molecule has 0 heterocycles. The van der Waals surface area contributed by atoms with Gasteiger partial charge in [-0.2, -0.15) is 0 Å². The van der Waals surface area contributed by atoms with Crippen molar-refractivity contribution in [1.82, 2.24) is 10.6 Å². The van der Waals surface area contributed by atoms with Gasteiger partial charge in [-0.15, -0.1) is 0 Å². The molecule has 18 heavy (non-hydrogen) atoms. The Bertz CT molecular complexity index is 430. The summed E-state index contributed by atoms with van der Waals surface area (Å²) in [6, 6.07) is 6.96. The van der Waals surface area contributed by atoms with Crippen molar-refractivity contribution >= 4 is 5.91 Å². The number of carbonyl (C=O) groups excluding carboxylic acids is 1. The first-order valence-corrected chi connectivity index (χ1v) is 6.33. The maximum absolute atomic E-state index is 13.1. The summed E-state index contributed by atoms with van der Waals surface area (Å²) in [7, 11) is 1.64. The Labute approximate surface area is 107 Å². The van der Waals surface area contributed by atoms with E-state index in [0.29, 0.717) is 12.0 Å². The highest BCUT2D eigenvalue weighted by Crippen LogP contribution is 2.37. The van der Waals surface area contributed by atoms with Crippen LogP contribution in [-0.4, -0.2) is 25.0 Å². The Morgan fingerprint density at radius 1 is 1.44 bits per heavy atom. The molecular formula is C14H19FN2O. The van der Waals surface area contributed by atoms with Gasteiger partial charge in [-0.1, -0.05) is 12.1 Å². The predicted molar refractivity (Wildman–Crippen MR) is 68.8 cm³/mol. The fraction of sp³-hybridized carbons (Fsp3) is 0.500. The third-order valence-electron chi connectivity index (χ3n) is 3.58. The fourth-order valence-corrected chi connectivity index (χ4v) is 2.43. The van der Waals surface area contributed by atoms with Crippen LogP contribution in [0, 0.1) is 5.82 Å². The monoisotopic (exact) mass is 250 g/mol. The number of hydrogen-bond acceptors (Lipinski definition) is 2. The quantitative estimate of drug-likeness (QED) is 0.855. The van der Waals surface area contributed by atoms with E-state index in [9.17, 15) is 9.18 Å². The Balaban J connectivity index is 1.82. The summed E-state index contributed by atoms with van der Waals surface area (Å²) in [5.74, 6) is 0.238. The standard InChI is InChI=1S/C14H19FN2O/c1-9(14(18)16-2)17-13-7-11(8-13)10-4-3-5-12(15)6-10/h3-6,9,11,13,17H,7-8H2,1-2H3,(H,16,18). The van der Waals surface area contributed by atoms with Gasteiger partial charge in [-0.25, -0.2) is 4.39 Å². The van der Waals surface area contributed by atoms with Crippen LogP contribution in [-0.2, 0) is 4.79 Å². The van der Waals surface area contributed by atoms with Gasteiger partial charge >= 0.3 is 0 Å². The second-order valence-corrected chi connectivity index (χ2v) is 4.92. The molecule has 1 saturated carbocycles. The van der Waals surface area contributed by atoms with Crippen LogP contribution in [0.1, 0.15) is 31.2 Å². The molecule has 1 aromatic rings. The molecule has 98 valence electrons. The molecule has 0 aliphatic heterocycles. The molecule has 0 saturated heterocycles. The molecule has 1 unspecified atom stereocenters. The lowest BCUT2D eigenvalue weighted by molar-refractivity contribution is -0.122. The van der Waals surface area contributed by atoms with E-state index >= 15 is 0 Å². The van der Waals surface area contributed by atoms with Crippen molar-refractivity contribution in [2.45, 2.75) is 37.8 Å². The molecule has 0 aromatic heterocycles. The van der Waals surface area contributed by atoms with E-state index in [4.69, 9.17) is 0 Å². The maximum Gasteiger partial charge on any atom is 0.236 e. The molecule has 3 nitrogen and oxygen atoms in total. The molecule has 1 atom stereocenters. The average molecular weight is 250 g/mol. The zero-order chi connectivity index (χ0) is 13.1. The largest absolute Gasteiger partial charge is 0.358 e. The Morgan fingerprint density at radius 2 is 2.17 bits per heavy atom. The summed E-state index contributed by atoms with van der Waals surface area (Å²) in [5.41, 5.74) is 1.06. The molecule has 4 heteroatoms. The van der Waals surface area contributed by atoms with E-state index in [1.165, 1.54) is 6.07 Å². The van der Waals surface area contributed by atoms with Crippen molar-refractivity contribution in [3.63, 3.8) is 0 Å². The van der Waals surface area contributed by atoms with E-state index in [1.807, 2.05) is 13.0 Å². The van der Waals surface area contributed by atoms with Gasteiger partial charge in [0.05, 0.1) is 6.04 Å². The van der Waals surface area contributed by atoms with Crippen molar-refractivity contribution in [2.24, 2.45) is 0 Å². The van der Waals surface area contributed by atoms with Gasteiger partial charge in [0, 0.05) is 13.1 Å². The summed E-state index contributed by atoms with van der Waals surface area (Å²) < 4.78 is 13.1. The van der Waals surface area contributed by atoms with Crippen LogP contribution in [0.4, 0.5) is 4.39 Å². The summed E-state index contributed by atoms with van der Waals surface area (Å²) in [6.07, 6.45) is 1.93. The van der Waals surface area contributed by atoms with E-state index in [0.717, 1.165) is 18.4 Å². The van der Waals surface area contributed by atoms with Crippen LogP contribution in [0.25, 0.3) is 0 Å². The molecule has 0 radical (unpaired) electrons. The Kier molecular flexibility index (Phi) is 3.97. The molecule has 0 bridgehead atoms. The minimum absolute atomic E-state index is 0.00389. The third kappa shape index (κ3) is 2.88. The lowest BCUT2D eigenvalue weighted by atomic mass is 9.75. The molecule has 0 spiro atoms. The minimum Gasteiger partial charge on any atom is -0.358 e. The van der Waals surface area contributed by atoms with Gasteiger partial charge < -0.3 is 10.6 Å². The lowest BCUT2D eigenvalue weighted by Crippen LogP contribution is -2.50. The molecule has 1 aromatic carbocycles.